The van der Waals surface area contributed by atoms with Gasteiger partial charge in [-0.05, 0) is 45.2 Å². The van der Waals surface area contributed by atoms with Crippen LogP contribution < -0.4 is 5.32 Å². The molecule has 1 rings (SSSR count). The smallest absolute Gasteiger partial charge is 0.408 e. The quantitative estimate of drug-likeness (QED) is 0.840. The predicted molar refractivity (Wildman–Crippen MR) is 75.7 cm³/mol. The molecule has 0 aliphatic heterocycles. The summed E-state index contributed by atoms with van der Waals surface area (Å²) < 4.78 is 10.3. The van der Waals surface area contributed by atoms with Crippen molar-refractivity contribution in [3.63, 3.8) is 0 Å². The second kappa shape index (κ2) is 6.59. The molecule has 1 N–H and O–H groups in total. The van der Waals surface area contributed by atoms with Gasteiger partial charge in [0.25, 0.3) is 0 Å². The first-order chi connectivity index (χ1) is 9.19. The highest BCUT2D eigenvalue weighted by molar-refractivity contribution is 5.99. The molecule has 0 saturated carbocycles. The summed E-state index contributed by atoms with van der Waals surface area (Å²) >= 11 is 0. The molecule has 1 amide bonds. The van der Waals surface area contributed by atoms with Crippen molar-refractivity contribution in [1.29, 1.82) is 0 Å². The molecular weight excluding hydrogens is 258 g/mol. The number of hydrogen-bond acceptors (Lipinski definition) is 4. The zero-order chi connectivity index (χ0) is 15.3. The molecule has 5 nitrogen and oxygen atoms in total. The Morgan fingerprint density at radius 1 is 1.35 bits per heavy atom. The van der Waals surface area contributed by atoms with Gasteiger partial charge in [0.15, 0.2) is 5.76 Å². The van der Waals surface area contributed by atoms with Crippen LogP contribution in [0.1, 0.15) is 51.6 Å². The summed E-state index contributed by atoms with van der Waals surface area (Å²) in [6.07, 6.45) is 1.37. The Balaban J connectivity index is 2.75. The van der Waals surface area contributed by atoms with E-state index in [2.05, 4.69) is 5.32 Å². The fraction of sp³-hybridized carbons (Fsp3) is 0.600. The monoisotopic (exact) mass is 281 g/mol. The standard InChI is InChI=1S/C15H23NO4/c1-10(2)9-11(13(17)12-7-6-8-19-12)16-14(18)20-15(3,4)5/h6-8,10-11H,9H2,1-5H3,(H,16,18)/t11-/m0/s1. The third kappa shape index (κ3) is 5.47. The lowest BCUT2D eigenvalue weighted by molar-refractivity contribution is 0.0482. The number of hydrogen-bond donors (Lipinski definition) is 1. The van der Waals surface area contributed by atoms with Gasteiger partial charge in [-0.3, -0.25) is 4.79 Å². The van der Waals surface area contributed by atoms with E-state index in [0.717, 1.165) is 0 Å². The van der Waals surface area contributed by atoms with Gasteiger partial charge in [0.2, 0.25) is 5.78 Å². The number of alkyl carbamates (subject to hydrolysis) is 1. The summed E-state index contributed by atoms with van der Waals surface area (Å²) in [5.74, 6) is 0.259. The van der Waals surface area contributed by atoms with E-state index in [-0.39, 0.29) is 17.5 Å². The maximum absolute atomic E-state index is 12.3. The Hall–Kier alpha value is -1.78. The molecule has 1 aromatic heterocycles. The highest BCUT2D eigenvalue weighted by Gasteiger charge is 2.27. The highest BCUT2D eigenvalue weighted by atomic mass is 16.6. The van der Waals surface area contributed by atoms with E-state index in [1.165, 1.54) is 6.26 Å². The maximum atomic E-state index is 12.3. The third-order valence-corrected chi connectivity index (χ3v) is 2.48. The van der Waals surface area contributed by atoms with E-state index < -0.39 is 17.7 Å². The van der Waals surface area contributed by atoms with Crippen LogP contribution in [0.25, 0.3) is 0 Å². The summed E-state index contributed by atoms with van der Waals surface area (Å²) in [5, 5.41) is 2.62. The Labute approximate surface area is 119 Å². The summed E-state index contributed by atoms with van der Waals surface area (Å²) in [4.78, 5) is 24.1. The molecular formula is C15H23NO4. The molecule has 0 spiro atoms. The number of carbonyl (C=O) groups is 2. The molecule has 20 heavy (non-hydrogen) atoms. The number of amides is 1. The molecule has 0 aromatic carbocycles. The third-order valence-electron chi connectivity index (χ3n) is 2.48. The topological polar surface area (TPSA) is 68.5 Å². The van der Waals surface area contributed by atoms with Gasteiger partial charge >= 0.3 is 6.09 Å². The minimum atomic E-state index is -0.643. The van der Waals surface area contributed by atoms with Crippen LogP contribution in [0.4, 0.5) is 4.79 Å². The van der Waals surface area contributed by atoms with Crippen molar-refractivity contribution < 1.29 is 18.7 Å². The molecule has 0 saturated heterocycles. The molecule has 1 atom stereocenters. The van der Waals surface area contributed by atoms with Crippen LogP contribution in [0.3, 0.4) is 0 Å². The second-order valence-corrected chi connectivity index (χ2v) is 6.17. The molecule has 0 aliphatic rings. The average molecular weight is 281 g/mol. The van der Waals surface area contributed by atoms with Gasteiger partial charge in [-0.25, -0.2) is 4.79 Å². The summed E-state index contributed by atoms with van der Waals surface area (Å²) in [7, 11) is 0. The largest absolute Gasteiger partial charge is 0.461 e. The first-order valence-corrected chi connectivity index (χ1v) is 6.76. The van der Waals surface area contributed by atoms with Gasteiger partial charge in [-0.15, -0.1) is 0 Å². The van der Waals surface area contributed by atoms with Gasteiger partial charge < -0.3 is 14.5 Å². The van der Waals surface area contributed by atoms with Gasteiger partial charge in [-0.1, -0.05) is 13.8 Å². The Morgan fingerprint density at radius 2 is 2.00 bits per heavy atom. The van der Waals surface area contributed by atoms with E-state index >= 15 is 0 Å². The average Bonchev–Trinajstić information content (AvgIpc) is 2.76. The van der Waals surface area contributed by atoms with Gasteiger partial charge in [0.05, 0.1) is 12.3 Å². The first kappa shape index (κ1) is 16.3. The predicted octanol–water partition coefficient (Wildman–Crippen LogP) is 3.40. The van der Waals surface area contributed by atoms with Crippen LogP contribution in [0, 0.1) is 5.92 Å². The summed E-state index contributed by atoms with van der Waals surface area (Å²) in [5.41, 5.74) is -0.597. The first-order valence-electron chi connectivity index (χ1n) is 6.76. The Bertz CT molecular complexity index is 443. The molecule has 1 heterocycles. The maximum Gasteiger partial charge on any atom is 0.408 e. The number of ketones is 1. The minimum Gasteiger partial charge on any atom is -0.461 e. The molecule has 5 heteroatoms. The molecule has 0 radical (unpaired) electrons. The fourth-order valence-electron chi connectivity index (χ4n) is 1.74. The van der Waals surface area contributed by atoms with Crippen molar-refractivity contribution >= 4 is 11.9 Å². The number of rotatable bonds is 5. The molecule has 0 fully saturated rings. The number of nitrogens with one attached hydrogen (secondary N) is 1. The van der Waals surface area contributed by atoms with Crippen molar-refractivity contribution in [2.45, 2.75) is 52.7 Å². The van der Waals surface area contributed by atoms with Crippen molar-refractivity contribution in [1.82, 2.24) is 5.32 Å². The van der Waals surface area contributed by atoms with Gasteiger partial charge in [-0.2, -0.15) is 0 Å². The van der Waals surface area contributed by atoms with E-state index in [1.54, 1.807) is 32.9 Å². The minimum absolute atomic E-state index is 0.241. The summed E-state index contributed by atoms with van der Waals surface area (Å²) in [6.45, 7) is 9.30. The summed E-state index contributed by atoms with van der Waals surface area (Å²) in [6, 6.07) is 2.59. The zero-order valence-electron chi connectivity index (χ0n) is 12.7. The van der Waals surface area contributed by atoms with Crippen molar-refractivity contribution in [2.75, 3.05) is 0 Å². The SMILES string of the molecule is CC(C)C[C@H](NC(=O)OC(C)(C)C)C(=O)c1ccco1. The molecule has 1 aromatic rings. The zero-order valence-corrected chi connectivity index (χ0v) is 12.7. The molecule has 0 bridgehead atoms. The lowest BCUT2D eigenvalue weighted by atomic mass is 9.99. The van der Waals surface area contributed by atoms with Crippen LogP contribution in [-0.4, -0.2) is 23.5 Å². The van der Waals surface area contributed by atoms with Crippen molar-refractivity contribution in [3.05, 3.63) is 24.2 Å². The van der Waals surface area contributed by atoms with E-state index in [0.29, 0.717) is 6.42 Å². The van der Waals surface area contributed by atoms with Crippen LogP contribution in [-0.2, 0) is 4.74 Å². The Kier molecular flexibility index (Phi) is 5.36. The normalized spacial score (nSPS) is 13.1. The van der Waals surface area contributed by atoms with Crippen LogP contribution in [0.15, 0.2) is 22.8 Å². The number of Topliss-reactive ketones (excluding diaryl/α,β-unsaturated/α-hetero) is 1. The van der Waals surface area contributed by atoms with E-state index in [4.69, 9.17) is 9.15 Å². The number of furan rings is 1. The van der Waals surface area contributed by atoms with Gasteiger partial charge in [0, 0.05) is 0 Å². The van der Waals surface area contributed by atoms with E-state index in [1.807, 2.05) is 13.8 Å². The number of ether oxygens (including phenoxy) is 1. The van der Waals surface area contributed by atoms with Crippen molar-refractivity contribution in [2.24, 2.45) is 5.92 Å². The molecule has 112 valence electrons. The van der Waals surface area contributed by atoms with Crippen LogP contribution in [0.2, 0.25) is 0 Å². The van der Waals surface area contributed by atoms with Gasteiger partial charge in [0.1, 0.15) is 5.60 Å². The number of carbonyl (C=O) groups excluding carboxylic acids is 2. The van der Waals surface area contributed by atoms with Crippen molar-refractivity contribution in [3.8, 4) is 0 Å². The van der Waals surface area contributed by atoms with Crippen LogP contribution >= 0.6 is 0 Å². The van der Waals surface area contributed by atoms with Crippen LogP contribution in [0.5, 0.6) is 0 Å². The Morgan fingerprint density at radius 3 is 2.45 bits per heavy atom. The lowest BCUT2D eigenvalue weighted by Crippen LogP contribution is -2.44. The molecule has 0 unspecified atom stereocenters. The highest BCUT2D eigenvalue weighted by Crippen LogP contribution is 2.13. The molecule has 0 aliphatic carbocycles. The second-order valence-electron chi connectivity index (χ2n) is 6.17. The lowest BCUT2D eigenvalue weighted by Gasteiger charge is -2.23. The fourth-order valence-corrected chi connectivity index (χ4v) is 1.74. The van der Waals surface area contributed by atoms with E-state index in [9.17, 15) is 9.59 Å².